The van der Waals surface area contributed by atoms with Crippen molar-refractivity contribution in [3.05, 3.63) is 12.2 Å². The molecule has 3 heterocycles. The summed E-state index contributed by atoms with van der Waals surface area (Å²) in [4.78, 5) is 12.7. The average Bonchev–Trinajstić information content (AvgIpc) is 2.68. The van der Waals surface area contributed by atoms with E-state index in [9.17, 15) is 9.90 Å². The van der Waals surface area contributed by atoms with Crippen molar-refractivity contribution in [1.82, 2.24) is 0 Å². The van der Waals surface area contributed by atoms with Crippen molar-refractivity contribution in [3.8, 4) is 0 Å². The number of aliphatic hydroxyl groups is 1. The van der Waals surface area contributed by atoms with Crippen LogP contribution in [-0.2, 0) is 23.7 Å². The Kier molecular flexibility index (Phi) is 9.38. The summed E-state index contributed by atoms with van der Waals surface area (Å²) < 4.78 is 24.3. The number of hydrogen-bond donors (Lipinski definition) is 1. The van der Waals surface area contributed by atoms with Gasteiger partial charge in [-0.15, -0.1) is 0 Å². The van der Waals surface area contributed by atoms with E-state index in [2.05, 4.69) is 26.8 Å². The number of cyclic esters (lactones) is 1. The fourth-order valence-corrected chi connectivity index (χ4v) is 5.09. The second kappa shape index (κ2) is 11.8. The molecule has 0 aliphatic carbocycles. The van der Waals surface area contributed by atoms with Crippen molar-refractivity contribution in [2.75, 3.05) is 7.11 Å². The number of aliphatic hydroxyl groups excluding tert-OH is 1. The number of rotatable bonds is 4. The van der Waals surface area contributed by atoms with Gasteiger partial charge in [-0.2, -0.15) is 0 Å². The van der Waals surface area contributed by atoms with Gasteiger partial charge in [0.15, 0.2) is 0 Å². The SMILES string of the molecule is CO[C@H]1CC2C[C@H](O)C[C@@H](CC(=O)O[C@H](/C=C/CC(C)C)C[C@@H]3CCC(C)C(C1)O3)O2. The van der Waals surface area contributed by atoms with Crippen molar-refractivity contribution in [3.63, 3.8) is 0 Å². The van der Waals surface area contributed by atoms with Gasteiger partial charge >= 0.3 is 5.97 Å². The Balaban J connectivity index is 1.78. The molecule has 0 saturated carbocycles. The van der Waals surface area contributed by atoms with Gasteiger partial charge in [0.1, 0.15) is 6.10 Å². The minimum absolute atomic E-state index is 0.0128. The first kappa shape index (κ1) is 24.7. The largest absolute Gasteiger partial charge is 0.458 e. The molecule has 3 saturated heterocycles. The van der Waals surface area contributed by atoms with Crippen LogP contribution in [0.2, 0.25) is 0 Å². The summed E-state index contributed by atoms with van der Waals surface area (Å²) in [6, 6.07) is 0. The molecule has 3 aliphatic heterocycles. The van der Waals surface area contributed by atoms with E-state index in [-0.39, 0.29) is 49.0 Å². The van der Waals surface area contributed by atoms with Gasteiger partial charge in [-0.3, -0.25) is 4.79 Å². The summed E-state index contributed by atoms with van der Waals surface area (Å²) in [5, 5.41) is 10.4. The third-order valence-electron chi connectivity index (χ3n) is 6.89. The second-order valence-electron chi connectivity index (χ2n) is 10.2. The van der Waals surface area contributed by atoms with Crippen LogP contribution in [0.15, 0.2) is 12.2 Å². The van der Waals surface area contributed by atoms with Gasteiger partial charge in [-0.1, -0.05) is 26.8 Å². The molecule has 178 valence electrons. The molecule has 6 heteroatoms. The van der Waals surface area contributed by atoms with Crippen LogP contribution in [0.3, 0.4) is 0 Å². The van der Waals surface area contributed by atoms with Crippen LogP contribution < -0.4 is 0 Å². The fraction of sp³-hybridized carbons (Fsp3) is 0.880. The van der Waals surface area contributed by atoms with Crippen LogP contribution in [0, 0.1) is 11.8 Å². The molecule has 0 radical (unpaired) electrons. The number of allylic oxidation sites excluding steroid dienone is 1. The monoisotopic (exact) mass is 438 g/mol. The van der Waals surface area contributed by atoms with Gasteiger partial charge in [0.2, 0.25) is 0 Å². The van der Waals surface area contributed by atoms with E-state index in [1.807, 2.05) is 6.08 Å². The molecule has 0 aromatic heterocycles. The Bertz CT molecular complexity index is 591. The summed E-state index contributed by atoms with van der Waals surface area (Å²) in [5.41, 5.74) is 0. The zero-order valence-electron chi connectivity index (χ0n) is 19.7. The molecule has 6 nitrogen and oxygen atoms in total. The Morgan fingerprint density at radius 1 is 1.06 bits per heavy atom. The zero-order chi connectivity index (χ0) is 22.4. The molecule has 3 unspecified atom stereocenters. The first-order valence-electron chi connectivity index (χ1n) is 12.2. The zero-order valence-corrected chi connectivity index (χ0v) is 19.7. The molecule has 1 N–H and O–H groups in total. The number of fused-ring (bicyclic) bond motifs is 4. The van der Waals surface area contributed by atoms with Crippen molar-refractivity contribution < 1.29 is 28.8 Å². The smallest absolute Gasteiger partial charge is 0.309 e. The van der Waals surface area contributed by atoms with Crippen molar-refractivity contribution in [2.45, 2.75) is 121 Å². The van der Waals surface area contributed by atoms with Gasteiger partial charge in [0.25, 0.3) is 0 Å². The van der Waals surface area contributed by atoms with E-state index in [0.29, 0.717) is 37.5 Å². The molecule has 0 aromatic carbocycles. The first-order valence-corrected chi connectivity index (χ1v) is 12.2. The number of carbonyl (C=O) groups is 1. The first-order chi connectivity index (χ1) is 14.8. The highest BCUT2D eigenvalue weighted by atomic mass is 16.6. The van der Waals surface area contributed by atoms with Gasteiger partial charge in [0.05, 0.1) is 43.0 Å². The molecule has 8 atom stereocenters. The quantitative estimate of drug-likeness (QED) is 0.524. The molecule has 3 fully saturated rings. The summed E-state index contributed by atoms with van der Waals surface area (Å²) in [6.07, 6.45) is 9.64. The predicted molar refractivity (Wildman–Crippen MR) is 119 cm³/mol. The molecule has 3 rings (SSSR count). The minimum atomic E-state index is -0.460. The topological polar surface area (TPSA) is 74.2 Å². The summed E-state index contributed by atoms with van der Waals surface area (Å²) in [5.74, 6) is 0.754. The van der Waals surface area contributed by atoms with E-state index in [0.717, 1.165) is 25.7 Å². The lowest BCUT2D eigenvalue weighted by Crippen LogP contribution is -2.42. The van der Waals surface area contributed by atoms with Crippen molar-refractivity contribution >= 4 is 5.97 Å². The molecular weight excluding hydrogens is 396 g/mol. The highest BCUT2D eigenvalue weighted by molar-refractivity contribution is 5.70. The summed E-state index contributed by atoms with van der Waals surface area (Å²) >= 11 is 0. The van der Waals surface area contributed by atoms with Gasteiger partial charge < -0.3 is 24.1 Å². The van der Waals surface area contributed by atoms with Crippen LogP contribution in [0.4, 0.5) is 0 Å². The van der Waals surface area contributed by atoms with E-state index < -0.39 is 6.10 Å². The lowest BCUT2D eigenvalue weighted by atomic mass is 9.87. The Hall–Kier alpha value is -0.950. The highest BCUT2D eigenvalue weighted by Gasteiger charge is 2.36. The fourth-order valence-electron chi connectivity index (χ4n) is 5.09. The third kappa shape index (κ3) is 7.85. The maximum absolute atomic E-state index is 12.7. The lowest BCUT2D eigenvalue weighted by molar-refractivity contribution is -0.165. The second-order valence-corrected chi connectivity index (χ2v) is 10.2. The Morgan fingerprint density at radius 3 is 2.58 bits per heavy atom. The maximum atomic E-state index is 12.7. The molecule has 0 spiro atoms. The van der Waals surface area contributed by atoms with E-state index >= 15 is 0 Å². The number of carbonyl (C=O) groups excluding carboxylic acids is 1. The third-order valence-corrected chi connectivity index (χ3v) is 6.89. The summed E-state index contributed by atoms with van der Waals surface area (Å²) in [7, 11) is 1.74. The van der Waals surface area contributed by atoms with Crippen LogP contribution >= 0.6 is 0 Å². The number of hydrogen-bond acceptors (Lipinski definition) is 6. The van der Waals surface area contributed by atoms with Gasteiger partial charge in [-0.25, -0.2) is 0 Å². The van der Waals surface area contributed by atoms with Gasteiger partial charge in [-0.05, 0) is 50.0 Å². The van der Waals surface area contributed by atoms with Gasteiger partial charge in [0, 0.05) is 26.4 Å². The molecule has 4 bridgehead atoms. The molecular formula is C25H42O6. The van der Waals surface area contributed by atoms with Crippen LogP contribution in [0.1, 0.15) is 78.6 Å². The molecule has 31 heavy (non-hydrogen) atoms. The number of methoxy groups -OCH3 is 1. The van der Waals surface area contributed by atoms with Crippen LogP contribution in [0.25, 0.3) is 0 Å². The summed E-state index contributed by atoms with van der Waals surface area (Å²) in [6.45, 7) is 6.59. The molecule has 0 amide bonds. The number of ether oxygens (including phenoxy) is 4. The van der Waals surface area contributed by atoms with Crippen molar-refractivity contribution in [1.29, 1.82) is 0 Å². The van der Waals surface area contributed by atoms with Crippen LogP contribution in [0.5, 0.6) is 0 Å². The predicted octanol–water partition coefficient (Wildman–Crippen LogP) is 4.18. The standard InChI is InChI=1S/C25H42O6/c1-16(2)6-5-7-19-12-20-9-8-17(3)24(30-20)14-21(28-4)13-22-10-18(26)11-23(29-22)15-25(27)31-19/h5,7,16-24,26H,6,8-15H2,1-4H3/b7-5+/t17?,18-,19+,20-,21-,22?,23-,24?/m0/s1. The van der Waals surface area contributed by atoms with Crippen molar-refractivity contribution in [2.24, 2.45) is 11.8 Å². The Labute approximate surface area is 187 Å². The normalized spacial score (nSPS) is 40.5. The van der Waals surface area contributed by atoms with E-state index in [1.165, 1.54) is 0 Å². The van der Waals surface area contributed by atoms with Crippen LogP contribution in [-0.4, -0.2) is 60.9 Å². The number of esters is 1. The average molecular weight is 439 g/mol. The Morgan fingerprint density at radius 2 is 1.84 bits per heavy atom. The molecule has 0 aromatic rings. The molecule has 3 aliphatic rings. The minimum Gasteiger partial charge on any atom is -0.458 e. The maximum Gasteiger partial charge on any atom is 0.309 e. The van der Waals surface area contributed by atoms with E-state index in [4.69, 9.17) is 18.9 Å². The highest BCUT2D eigenvalue weighted by Crippen LogP contribution is 2.33. The lowest BCUT2D eigenvalue weighted by Gasteiger charge is -2.39. The van der Waals surface area contributed by atoms with E-state index in [1.54, 1.807) is 7.11 Å².